The van der Waals surface area contributed by atoms with Gasteiger partial charge in [-0.05, 0) is 50.6 Å². The van der Waals surface area contributed by atoms with Gasteiger partial charge in [0.25, 0.3) is 11.8 Å². The Labute approximate surface area is 248 Å². The zero-order chi connectivity index (χ0) is 27.1. The standard InChI is InChI=1S/C28H33ClN6O3S.ClH/c1-34-10-8-21-24(15-34)39-27(33-21)26(37)32-23-14-35(28(38)16-4-2-3-5-16)11-9-20(23)31-25(36)22-13-17-12-18(29)6-7-19(17)30-22;/h6-7,12-13,16,20,23,30H,2-5,8-11,14-15H2,1H3,(H,31,36)(H,32,37);1H. The van der Waals surface area contributed by atoms with Gasteiger partial charge in [0, 0.05) is 59.3 Å². The maximum absolute atomic E-state index is 13.4. The van der Waals surface area contributed by atoms with Crippen LogP contribution in [0.5, 0.6) is 0 Å². The zero-order valence-corrected chi connectivity index (χ0v) is 24.8. The third kappa shape index (κ3) is 6.00. The highest BCUT2D eigenvalue weighted by atomic mass is 35.5. The lowest BCUT2D eigenvalue weighted by Crippen LogP contribution is -2.61. The largest absolute Gasteiger partial charge is 0.351 e. The maximum Gasteiger partial charge on any atom is 0.280 e. The van der Waals surface area contributed by atoms with Gasteiger partial charge in [-0.25, -0.2) is 4.98 Å². The molecule has 2 fully saturated rings. The molecule has 1 saturated carbocycles. The summed E-state index contributed by atoms with van der Waals surface area (Å²) in [6.45, 7) is 2.63. The monoisotopic (exact) mass is 604 g/mol. The lowest BCUT2D eigenvalue weighted by atomic mass is 9.96. The highest BCUT2D eigenvalue weighted by Crippen LogP contribution is 2.29. The molecule has 2 aliphatic heterocycles. The number of fused-ring (bicyclic) bond motifs is 2. The van der Waals surface area contributed by atoms with E-state index in [1.54, 1.807) is 12.1 Å². The first-order valence-corrected chi connectivity index (χ1v) is 14.9. The number of benzene rings is 1. The highest BCUT2D eigenvalue weighted by Gasteiger charge is 2.37. The van der Waals surface area contributed by atoms with Crippen LogP contribution >= 0.6 is 35.3 Å². The van der Waals surface area contributed by atoms with E-state index >= 15 is 0 Å². The van der Waals surface area contributed by atoms with E-state index in [9.17, 15) is 14.4 Å². The number of nitrogens with one attached hydrogen (secondary N) is 3. The minimum Gasteiger partial charge on any atom is -0.351 e. The molecule has 3 amide bonds. The van der Waals surface area contributed by atoms with Crippen LogP contribution in [0.3, 0.4) is 0 Å². The molecule has 0 radical (unpaired) electrons. The van der Waals surface area contributed by atoms with Crippen LogP contribution in [0.4, 0.5) is 0 Å². The maximum atomic E-state index is 13.4. The Balaban J connectivity index is 0.00000323. The van der Waals surface area contributed by atoms with E-state index in [1.165, 1.54) is 11.3 Å². The predicted molar refractivity (Wildman–Crippen MR) is 158 cm³/mol. The number of rotatable bonds is 5. The number of likely N-dealkylation sites (N-methyl/N-ethyl adjacent to an activating group) is 1. The molecule has 6 rings (SSSR count). The van der Waals surface area contributed by atoms with Gasteiger partial charge < -0.3 is 25.4 Å². The van der Waals surface area contributed by atoms with Crippen LogP contribution in [-0.2, 0) is 17.8 Å². The third-order valence-electron chi connectivity index (χ3n) is 8.21. The van der Waals surface area contributed by atoms with Gasteiger partial charge in [-0.15, -0.1) is 23.7 Å². The van der Waals surface area contributed by atoms with Crippen molar-refractivity contribution >= 4 is 64.0 Å². The van der Waals surface area contributed by atoms with E-state index < -0.39 is 6.04 Å². The number of amides is 3. The van der Waals surface area contributed by atoms with Crippen molar-refractivity contribution in [2.45, 2.75) is 57.2 Å². The Kier molecular flexibility index (Phi) is 8.70. The molecule has 1 saturated heterocycles. The Morgan fingerprint density at radius 2 is 1.82 bits per heavy atom. The van der Waals surface area contributed by atoms with Crippen molar-refractivity contribution in [3.63, 3.8) is 0 Å². The molecule has 9 nitrogen and oxygen atoms in total. The molecular weight excluding hydrogens is 571 g/mol. The number of carbonyl (C=O) groups excluding carboxylic acids is 3. The Bertz CT molecular complexity index is 1420. The minimum absolute atomic E-state index is 0. The van der Waals surface area contributed by atoms with Crippen LogP contribution in [0.15, 0.2) is 24.3 Å². The number of likely N-dealkylation sites (tertiary alicyclic amines) is 1. The Morgan fingerprint density at radius 1 is 1.05 bits per heavy atom. The quantitative estimate of drug-likeness (QED) is 0.407. The Hall–Kier alpha value is -2.66. The second kappa shape index (κ2) is 12.1. The molecule has 4 heterocycles. The topological polar surface area (TPSA) is 110 Å². The van der Waals surface area contributed by atoms with Gasteiger partial charge in [-0.2, -0.15) is 0 Å². The molecule has 214 valence electrons. The summed E-state index contributed by atoms with van der Waals surface area (Å²) in [5, 5.41) is 8.15. The lowest BCUT2D eigenvalue weighted by Gasteiger charge is -2.40. The van der Waals surface area contributed by atoms with Gasteiger partial charge in [0.1, 0.15) is 5.69 Å². The minimum atomic E-state index is -0.428. The number of carbonyl (C=O) groups is 3. The number of nitrogens with zero attached hydrogens (tertiary/aromatic N) is 3. The van der Waals surface area contributed by atoms with Crippen LogP contribution in [-0.4, -0.2) is 76.3 Å². The van der Waals surface area contributed by atoms with Crippen molar-refractivity contribution < 1.29 is 14.4 Å². The molecule has 3 aliphatic rings. The van der Waals surface area contributed by atoms with Crippen molar-refractivity contribution in [2.75, 3.05) is 26.7 Å². The average Bonchev–Trinajstić information content (AvgIpc) is 3.68. The first-order valence-electron chi connectivity index (χ1n) is 13.7. The molecule has 2 aromatic heterocycles. The molecule has 3 aromatic rings. The summed E-state index contributed by atoms with van der Waals surface area (Å²) in [4.78, 5) is 52.9. The molecule has 40 heavy (non-hydrogen) atoms. The molecular formula is C28H34Cl2N6O3S. The SMILES string of the molecule is CN1CCc2nc(C(=O)NC3CN(C(=O)C4CCCC4)CCC3NC(=O)c3cc4cc(Cl)ccc4[nH]3)sc2C1.Cl. The summed E-state index contributed by atoms with van der Waals surface area (Å²) in [6, 6.07) is 6.45. The average molecular weight is 606 g/mol. The fraction of sp³-hybridized carbons (Fsp3) is 0.500. The number of aromatic amines is 1. The van der Waals surface area contributed by atoms with Crippen molar-refractivity contribution in [3.05, 3.63) is 50.6 Å². The molecule has 0 spiro atoms. The van der Waals surface area contributed by atoms with Crippen molar-refractivity contribution in [1.82, 2.24) is 30.4 Å². The van der Waals surface area contributed by atoms with E-state index in [0.717, 1.165) is 66.7 Å². The predicted octanol–water partition coefficient (Wildman–Crippen LogP) is 4.01. The summed E-state index contributed by atoms with van der Waals surface area (Å²) in [5.74, 6) is -0.281. The highest BCUT2D eigenvalue weighted by molar-refractivity contribution is 7.13. The number of halogens is 2. The normalized spacial score (nSPS) is 21.6. The molecule has 3 N–H and O–H groups in total. The van der Waals surface area contributed by atoms with Gasteiger partial charge in [0.05, 0.1) is 17.8 Å². The van der Waals surface area contributed by atoms with E-state index in [4.69, 9.17) is 11.6 Å². The molecule has 1 aromatic carbocycles. The molecule has 1 aliphatic carbocycles. The van der Waals surface area contributed by atoms with Gasteiger partial charge in [-0.1, -0.05) is 24.4 Å². The van der Waals surface area contributed by atoms with Gasteiger partial charge >= 0.3 is 0 Å². The van der Waals surface area contributed by atoms with E-state index in [-0.39, 0.29) is 42.1 Å². The van der Waals surface area contributed by atoms with Crippen molar-refractivity contribution in [2.24, 2.45) is 5.92 Å². The molecule has 2 atom stereocenters. The summed E-state index contributed by atoms with van der Waals surface area (Å²) in [7, 11) is 2.06. The zero-order valence-electron chi connectivity index (χ0n) is 22.4. The first-order chi connectivity index (χ1) is 18.8. The fourth-order valence-electron chi connectivity index (χ4n) is 6.02. The smallest absolute Gasteiger partial charge is 0.280 e. The number of hydrogen-bond acceptors (Lipinski definition) is 6. The van der Waals surface area contributed by atoms with Gasteiger partial charge in [-0.3, -0.25) is 14.4 Å². The number of hydrogen-bond donors (Lipinski definition) is 3. The second-order valence-electron chi connectivity index (χ2n) is 11.0. The number of piperidine rings is 1. The summed E-state index contributed by atoms with van der Waals surface area (Å²) in [5.41, 5.74) is 2.25. The lowest BCUT2D eigenvalue weighted by molar-refractivity contribution is -0.136. The van der Waals surface area contributed by atoms with E-state index in [0.29, 0.717) is 35.2 Å². The molecule has 12 heteroatoms. The number of thiazole rings is 1. The second-order valence-corrected chi connectivity index (χ2v) is 12.5. The van der Waals surface area contributed by atoms with Gasteiger partial charge in [0.15, 0.2) is 5.01 Å². The summed E-state index contributed by atoms with van der Waals surface area (Å²) < 4.78 is 0. The van der Waals surface area contributed by atoms with E-state index in [1.807, 2.05) is 17.0 Å². The number of H-pyrrole nitrogens is 1. The van der Waals surface area contributed by atoms with Gasteiger partial charge in [0.2, 0.25) is 5.91 Å². The van der Waals surface area contributed by atoms with Crippen LogP contribution < -0.4 is 10.6 Å². The summed E-state index contributed by atoms with van der Waals surface area (Å²) in [6.07, 6.45) is 5.41. The van der Waals surface area contributed by atoms with Crippen molar-refractivity contribution in [3.8, 4) is 0 Å². The Morgan fingerprint density at radius 3 is 2.62 bits per heavy atom. The summed E-state index contributed by atoms with van der Waals surface area (Å²) >= 11 is 7.54. The third-order valence-corrected chi connectivity index (χ3v) is 9.52. The van der Waals surface area contributed by atoms with Crippen LogP contribution in [0.2, 0.25) is 5.02 Å². The van der Waals surface area contributed by atoms with Crippen LogP contribution in [0.25, 0.3) is 10.9 Å². The molecule has 0 bridgehead atoms. The van der Waals surface area contributed by atoms with Crippen LogP contribution in [0, 0.1) is 5.92 Å². The van der Waals surface area contributed by atoms with Crippen LogP contribution in [0.1, 0.15) is 63.0 Å². The fourth-order valence-corrected chi connectivity index (χ4v) is 7.30. The number of aromatic nitrogens is 2. The van der Waals surface area contributed by atoms with E-state index in [2.05, 4.69) is 32.5 Å². The molecule has 2 unspecified atom stereocenters. The first kappa shape index (κ1) is 28.9. The van der Waals surface area contributed by atoms with Crippen molar-refractivity contribution in [1.29, 1.82) is 0 Å².